The van der Waals surface area contributed by atoms with Gasteiger partial charge in [-0.05, 0) is 71.8 Å². The third kappa shape index (κ3) is 5.42. The molecular formula is C16H28N4O. The van der Waals surface area contributed by atoms with Crippen LogP contribution in [0.1, 0.15) is 40.0 Å². The van der Waals surface area contributed by atoms with Crippen molar-refractivity contribution in [1.29, 1.82) is 0 Å². The number of ether oxygens (including phenoxy) is 1. The van der Waals surface area contributed by atoms with Gasteiger partial charge in [-0.25, -0.2) is 0 Å². The van der Waals surface area contributed by atoms with Gasteiger partial charge in [0.2, 0.25) is 5.88 Å². The molecule has 2 heterocycles. The van der Waals surface area contributed by atoms with Gasteiger partial charge in [0.15, 0.2) is 0 Å². The van der Waals surface area contributed by atoms with Crippen molar-refractivity contribution < 1.29 is 4.74 Å². The van der Waals surface area contributed by atoms with E-state index in [0.717, 1.165) is 25.3 Å². The third-order valence-corrected chi connectivity index (χ3v) is 3.45. The van der Waals surface area contributed by atoms with E-state index in [1.54, 1.807) is 0 Å². The molecule has 1 aromatic rings. The van der Waals surface area contributed by atoms with Crippen molar-refractivity contribution in [2.45, 2.75) is 45.6 Å². The Morgan fingerprint density at radius 3 is 2.67 bits per heavy atom. The van der Waals surface area contributed by atoms with Crippen molar-refractivity contribution in [2.75, 3.05) is 37.2 Å². The van der Waals surface area contributed by atoms with Crippen LogP contribution in [-0.4, -0.2) is 41.7 Å². The van der Waals surface area contributed by atoms with Gasteiger partial charge in [-0.15, -0.1) is 0 Å². The quantitative estimate of drug-likeness (QED) is 0.789. The van der Waals surface area contributed by atoms with Crippen molar-refractivity contribution in [3.63, 3.8) is 0 Å². The lowest BCUT2D eigenvalue weighted by Crippen LogP contribution is -2.24. The molecule has 5 heteroatoms. The van der Waals surface area contributed by atoms with Crippen LogP contribution in [0, 0.1) is 0 Å². The smallest absolute Gasteiger partial charge is 0.239 e. The number of anilines is 2. The summed E-state index contributed by atoms with van der Waals surface area (Å²) in [5.41, 5.74) is 6.19. The Morgan fingerprint density at radius 2 is 2.00 bits per heavy atom. The molecule has 118 valence electrons. The molecule has 2 rings (SSSR count). The van der Waals surface area contributed by atoms with Crippen LogP contribution in [0.3, 0.4) is 0 Å². The van der Waals surface area contributed by atoms with Crippen molar-refractivity contribution >= 4 is 11.5 Å². The zero-order chi connectivity index (χ0) is 15.3. The Labute approximate surface area is 127 Å². The SMILES string of the molecule is CC(C)(C)Oc1nc(NCCCN2CCCC2)ccc1N. The summed E-state index contributed by atoms with van der Waals surface area (Å²) in [4.78, 5) is 6.98. The van der Waals surface area contributed by atoms with Crippen LogP contribution >= 0.6 is 0 Å². The molecule has 0 amide bonds. The fourth-order valence-corrected chi connectivity index (χ4v) is 2.45. The molecule has 0 spiro atoms. The van der Waals surface area contributed by atoms with Crippen LogP contribution in [0.4, 0.5) is 11.5 Å². The molecule has 0 bridgehead atoms. The van der Waals surface area contributed by atoms with E-state index in [1.807, 2.05) is 32.9 Å². The molecule has 1 aliphatic rings. The van der Waals surface area contributed by atoms with Gasteiger partial charge >= 0.3 is 0 Å². The minimum atomic E-state index is -0.296. The molecule has 5 nitrogen and oxygen atoms in total. The van der Waals surface area contributed by atoms with Crippen LogP contribution in [0.15, 0.2) is 12.1 Å². The van der Waals surface area contributed by atoms with Gasteiger partial charge in [0, 0.05) is 6.54 Å². The first-order valence-corrected chi connectivity index (χ1v) is 7.86. The van der Waals surface area contributed by atoms with E-state index < -0.39 is 0 Å². The molecule has 0 radical (unpaired) electrons. The molecule has 0 aliphatic carbocycles. The molecular weight excluding hydrogens is 264 g/mol. The lowest BCUT2D eigenvalue weighted by atomic mass is 10.2. The van der Waals surface area contributed by atoms with Gasteiger partial charge in [-0.2, -0.15) is 4.98 Å². The zero-order valence-corrected chi connectivity index (χ0v) is 13.5. The molecule has 21 heavy (non-hydrogen) atoms. The summed E-state index contributed by atoms with van der Waals surface area (Å²) in [7, 11) is 0. The van der Waals surface area contributed by atoms with Crippen LogP contribution in [-0.2, 0) is 0 Å². The fourth-order valence-electron chi connectivity index (χ4n) is 2.45. The first-order valence-electron chi connectivity index (χ1n) is 7.86. The maximum atomic E-state index is 5.91. The summed E-state index contributed by atoms with van der Waals surface area (Å²) < 4.78 is 5.78. The Balaban J connectivity index is 1.81. The van der Waals surface area contributed by atoms with Gasteiger partial charge in [0.25, 0.3) is 0 Å². The Morgan fingerprint density at radius 1 is 1.29 bits per heavy atom. The standard InChI is InChI=1S/C16H28N4O/c1-16(2,3)21-15-13(17)7-8-14(19-15)18-9-6-12-20-10-4-5-11-20/h7-8H,4-6,9-12,17H2,1-3H3,(H,18,19). The van der Waals surface area contributed by atoms with Crippen LogP contribution in [0.5, 0.6) is 5.88 Å². The number of nitrogen functional groups attached to an aromatic ring is 1. The summed E-state index contributed by atoms with van der Waals surface area (Å²) in [6.45, 7) is 10.6. The minimum absolute atomic E-state index is 0.296. The predicted molar refractivity (Wildman–Crippen MR) is 87.8 cm³/mol. The summed E-state index contributed by atoms with van der Waals surface area (Å²) in [6, 6.07) is 3.75. The maximum absolute atomic E-state index is 5.91. The van der Waals surface area contributed by atoms with E-state index in [4.69, 9.17) is 10.5 Å². The second kappa shape index (κ2) is 6.98. The summed E-state index contributed by atoms with van der Waals surface area (Å²) in [5.74, 6) is 1.33. The normalized spacial score (nSPS) is 16.1. The number of pyridine rings is 1. The number of rotatable bonds is 6. The molecule has 0 saturated carbocycles. The predicted octanol–water partition coefficient (Wildman–Crippen LogP) is 2.74. The summed E-state index contributed by atoms with van der Waals surface area (Å²) in [5, 5.41) is 3.35. The molecule has 3 N–H and O–H groups in total. The first-order chi connectivity index (χ1) is 9.94. The van der Waals surface area contributed by atoms with Crippen LogP contribution in [0.25, 0.3) is 0 Å². The molecule has 0 unspecified atom stereocenters. The molecule has 1 saturated heterocycles. The molecule has 1 aliphatic heterocycles. The molecule has 0 aromatic carbocycles. The Bertz CT molecular complexity index is 450. The first kappa shape index (κ1) is 15.9. The lowest BCUT2D eigenvalue weighted by molar-refractivity contribution is 0.125. The fraction of sp³-hybridized carbons (Fsp3) is 0.688. The second-order valence-electron chi connectivity index (χ2n) is 6.63. The summed E-state index contributed by atoms with van der Waals surface area (Å²) in [6.07, 6.45) is 3.82. The maximum Gasteiger partial charge on any atom is 0.239 e. The second-order valence-corrected chi connectivity index (χ2v) is 6.63. The van der Waals surface area contributed by atoms with Crippen LogP contribution < -0.4 is 15.8 Å². The number of nitrogens with one attached hydrogen (secondary N) is 1. The Kier molecular flexibility index (Phi) is 5.28. The van der Waals surface area contributed by atoms with E-state index >= 15 is 0 Å². The van der Waals surface area contributed by atoms with Gasteiger partial charge in [0.1, 0.15) is 11.4 Å². The van der Waals surface area contributed by atoms with Crippen molar-refractivity contribution in [2.24, 2.45) is 0 Å². The third-order valence-electron chi connectivity index (χ3n) is 3.45. The number of hydrogen-bond donors (Lipinski definition) is 2. The molecule has 0 atom stereocenters. The topological polar surface area (TPSA) is 63.4 Å². The number of likely N-dealkylation sites (tertiary alicyclic amines) is 1. The number of nitrogens with two attached hydrogens (primary N) is 1. The summed E-state index contributed by atoms with van der Waals surface area (Å²) >= 11 is 0. The zero-order valence-electron chi connectivity index (χ0n) is 13.5. The minimum Gasteiger partial charge on any atom is -0.470 e. The molecule has 1 aromatic heterocycles. The van der Waals surface area contributed by atoms with Crippen LogP contribution in [0.2, 0.25) is 0 Å². The highest BCUT2D eigenvalue weighted by Crippen LogP contribution is 2.24. The van der Waals surface area contributed by atoms with E-state index in [1.165, 1.54) is 25.9 Å². The van der Waals surface area contributed by atoms with E-state index in [0.29, 0.717) is 11.6 Å². The van der Waals surface area contributed by atoms with Crippen molar-refractivity contribution in [1.82, 2.24) is 9.88 Å². The van der Waals surface area contributed by atoms with E-state index in [-0.39, 0.29) is 5.60 Å². The van der Waals surface area contributed by atoms with E-state index in [9.17, 15) is 0 Å². The highest BCUT2D eigenvalue weighted by atomic mass is 16.5. The average molecular weight is 292 g/mol. The van der Waals surface area contributed by atoms with Crippen molar-refractivity contribution in [3.8, 4) is 5.88 Å². The highest BCUT2D eigenvalue weighted by Gasteiger charge is 2.15. The van der Waals surface area contributed by atoms with Gasteiger partial charge in [-0.1, -0.05) is 0 Å². The lowest BCUT2D eigenvalue weighted by Gasteiger charge is -2.22. The number of hydrogen-bond acceptors (Lipinski definition) is 5. The number of nitrogens with zero attached hydrogens (tertiary/aromatic N) is 2. The monoisotopic (exact) mass is 292 g/mol. The largest absolute Gasteiger partial charge is 0.470 e. The van der Waals surface area contributed by atoms with Gasteiger partial charge in [-0.3, -0.25) is 0 Å². The highest BCUT2D eigenvalue weighted by molar-refractivity contribution is 5.53. The van der Waals surface area contributed by atoms with E-state index in [2.05, 4.69) is 15.2 Å². The van der Waals surface area contributed by atoms with Crippen molar-refractivity contribution in [3.05, 3.63) is 12.1 Å². The molecule has 1 fully saturated rings. The van der Waals surface area contributed by atoms with Gasteiger partial charge in [0.05, 0.1) is 5.69 Å². The van der Waals surface area contributed by atoms with Gasteiger partial charge < -0.3 is 20.7 Å². The number of aromatic nitrogens is 1. The average Bonchev–Trinajstić information content (AvgIpc) is 2.90. The Hall–Kier alpha value is -1.49.